The first-order valence-electron chi connectivity index (χ1n) is 10.7. The van der Waals surface area contributed by atoms with Crippen LogP contribution in [0.25, 0.3) is 6.08 Å². The first kappa shape index (κ1) is 22.3. The van der Waals surface area contributed by atoms with Crippen LogP contribution in [0.1, 0.15) is 12.0 Å². The van der Waals surface area contributed by atoms with E-state index in [4.69, 9.17) is 21.1 Å². The van der Waals surface area contributed by atoms with Crippen LogP contribution in [-0.4, -0.2) is 62.7 Å². The molecular weight excluding hydrogens is 430 g/mol. The quantitative estimate of drug-likeness (QED) is 0.513. The van der Waals surface area contributed by atoms with Crippen LogP contribution in [0.2, 0.25) is 5.02 Å². The third-order valence-electron chi connectivity index (χ3n) is 5.36. The number of carbonyl (C=O) groups is 2. The Morgan fingerprint density at radius 2 is 1.94 bits per heavy atom. The molecule has 1 saturated heterocycles. The lowest BCUT2D eigenvalue weighted by Crippen LogP contribution is -2.44. The summed E-state index contributed by atoms with van der Waals surface area (Å²) in [5, 5.41) is 3.49. The van der Waals surface area contributed by atoms with Crippen molar-refractivity contribution in [1.82, 2.24) is 10.2 Å². The second-order valence-electron chi connectivity index (χ2n) is 7.68. The predicted molar refractivity (Wildman–Crippen MR) is 124 cm³/mol. The van der Waals surface area contributed by atoms with Crippen LogP contribution < -0.4 is 15.0 Å². The summed E-state index contributed by atoms with van der Waals surface area (Å²) in [5.74, 6) is 0.0952. The van der Waals surface area contributed by atoms with Crippen LogP contribution in [-0.2, 0) is 14.3 Å². The lowest BCUT2D eigenvalue weighted by molar-refractivity contribution is -0.123. The molecule has 7 nitrogen and oxygen atoms in total. The summed E-state index contributed by atoms with van der Waals surface area (Å²) in [5.41, 5.74) is 1.32. The van der Waals surface area contributed by atoms with Gasteiger partial charge in [0, 0.05) is 24.7 Å². The zero-order chi connectivity index (χ0) is 22.3. The molecule has 0 atom stereocenters. The zero-order valence-corrected chi connectivity index (χ0v) is 18.5. The van der Waals surface area contributed by atoms with Crippen molar-refractivity contribution >= 4 is 35.2 Å². The van der Waals surface area contributed by atoms with Crippen molar-refractivity contribution in [3.63, 3.8) is 0 Å². The first-order valence-corrected chi connectivity index (χ1v) is 11.1. The van der Waals surface area contributed by atoms with E-state index in [1.54, 1.807) is 36.4 Å². The number of hydrogen-bond acceptors (Lipinski definition) is 5. The number of nitrogens with zero attached hydrogens (tertiary/aromatic N) is 2. The van der Waals surface area contributed by atoms with E-state index in [9.17, 15) is 9.59 Å². The van der Waals surface area contributed by atoms with Gasteiger partial charge in [0.25, 0.3) is 5.91 Å². The van der Waals surface area contributed by atoms with Gasteiger partial charge in [-0.2, -0.15) is 0 Å². The van der Waals surface area contributed by atoms with Crippen molar-refractivity contribution < 1.29 is 19.1 Å². The third-order valence-corrected chi connectivity index (χ3v) is 5.59. The molecule has 32 heavy (non-hydrogen) atoms. The van der Waals surface area contributed by atoms with Crippen LogP contribution in [0.3, 0.4) is 0 Å². The van der Waals surface area contributed by atoms with E-state index in [1.165, 1.54) is 4.90 Å². The highest BCUT2D eigenvalue weighted by Crippen LogP contribution is 2.35. The molecule has 0 aliphatic carbocycles. The molecule has 0 spiro atoms. The van der Waals surface area contributed by atoms with Crippen LogP contribution in [0, 0.1) is 0 Å². The summed E-state index contributed by atoms with van der Waals surface area (Å²) in [6.45, 7) is 4.76. The molecule has 1 fully saturated rings. The molecule has 2 aliphatic rings. The molecule has 2 aliphatic heterocycles. The summed E-state index contributed by atoms with van der Waals surface area (Å²) in [6, 6.07) is 14.3. The number of hydrogen-bond donors (Lipinski definition) is 1. The van der Waals surface area contributed by atoms with Crippen molar-refractivity contribution in [3.8, 4) is 5.75 Å². The Morgan fingerprint density at radius 3 is 2.75 bits per heavy atom. The van der Waals surface area contributed by atoms with E-state index in [0.29, 0.717) is 23.0 Å². The third kappa shape index (κ3) is 5.68. The minimum atomic E-state index is -0.368. The number of para-hydroxylation sites is 2. The minimum absolute atomic E-state index is 0.0797. The molecule has 2 heterocycles. The molecule has 0 unspecified atom stereocenters. The highest BCUT2D eigenvalue weighted by atomic mass is 35.5. The number of amides is 2. The van der Waals surface area contributed by atoms with Gasteiger partial charge < -0.3 is 14.8 Å². The average molecular weight is 456 g/mol. The van der Waals surface area contributed by atoms with E-state index < -0.39 is 0 Å². The number of rotatable bonds is 7. The molecule has 0 saturated carbocycles. The Bertz CT molecular complexity index is 1000. The van der Waals surface area contributed by atoms with E-state index >= 15 is 0 Å². The van der Waals surface area contributed by atoms with Gasteiger partial charge in [-0.3, -0.25) is 19.4 Å². The number of benzene rings is 2. The zero-order valence-electron chi connectivity index (χ0n) is 17.8. The number of morpholine rings is 1. The van der Waals surface area contributed by atoms with Crippen molar-refractivity contribution in [1.29, 1.82) is 0 Å². The van der Waals surface area contributed by atoms with E-state index in [-0.39, 0.29) is 24.1 Å². The van der Waals surface area contributed by atoms with Gasteiger partial charge in [-0.15, -0.1) is 0 Å². The number of fused-ring (bicyclic) bond motifs is 1. The number of nitrogens with one attached hydrogen (secondary N) is 1. The van der Waals surface area contributed by atoms with Gasteiger partial charge in [0.15, 0.2) is 11.5 Å². The summed E-state index contributed by atoms with van der Waals surface area (Å²) in [7, 11) is 0. The Morgan fingerprint density at radius 1 is 1.12 bits per heavy atom. The Hall–Kier alpha value is -2.87. The highest BCUT2D eigenvalue weighted by molar-refractivity contribution is 6.30. The van der Waals surface area contributed by atoms with Crippen LogP contribution in [0.15, 0.2) is 54.3 Å². The van der Waals surface area contributed by atoms with Crippen molar-refractivity contribution in [2.75, 3.05) is 50.8 Å². The number of ether oxygens (including phenoxy) is 2. The summed E-state index contributed by atoms with van der Waals surface area (Å²) in [4.78, 5) is 29.5. The van der Waals surface area contributed by atoms with Crippen molar-refractivity contribution in [3.05, 3.63) is 64.9 Å². The molecule has 2 amide bonds. The molecule has 2 aromatic carbocycles. The lowest BCUT2D eigenvalue weighted by Gasteiger charge is -2.30. The predicted octanol–water partition coefficient (Wildman–Crippen LogP) is 2.95. The van der Waals surface area contributed by atoms with Crippen LogP contribution in [0.5, 0.6) is 5.75 Å². The van der Waals surface area contributed by atoms with Gasteiger partial charge in [-0.1, -0.05) is 35.9 Å². The first-order chi connectivity index (χ1) is 15.6. The average Bonchev–Trinajstić information content (AvgIpc) is 2.80. The standard InChI is InChI=1S/C24H26ClN3O4/c25-19-6-3-5-18(15-19)16-22-24(30)28(20-7-1-2-8-21(20)32-22)17-23(29)26-9-4-10-27-11-13-31-14-12-27/h1-3,5-8,15-16H,4,9-14,17H2,(H,26,29). The fourth-order valence-electron chi connectivity index (χ4n) is 3.72. The Balaban J connectivity index is 1.41. The maximum Gasteiger partial charge on any atom is 0.294 e. The van der Waals surface area contributed by atoms with E-state index in [2.05, 4.69) is 10.2 Å². The maximum absolute atomic E-state index is 13.2. The summed E-state index contributed by atoms with van der Waals surface area (Å²) >= 11 is 6.06. The largest absolute Gasteiger partial charge is 0.449 e. The van der Waals surface area contributed by atoms with Gasteiger partial charge in [-0.25, -0.2) is 0 Å². The number of anilines is 1. The number of halogens is 1. The van der Waals surface area contributed by atoms with Gasteiger partial charge in [0.1, 0.15) is 6.54 Å². The second-order valence-corrected chi connectivity index (χ2v) is 8.12. The van der Waals surface area contributed by atoms with Gasteiger partial charge in [0.2, 0.25) is 5.91 Å². The fraction of sp³-hybridized carbons (Fsp3) is 0.333. The molecule has 4 rings (SSSR count). The van der Waals surface area contributed by atoms with E-state index in [0.717, 1.165) is 44.8 Å². The normalized spacial score (nSPS) is 17.7. The van der Waals surface area contributed by atoms with Gasteiger partial charge >= 0.3 is 0 Å². The molecule has 8 heteroatoms. The SMILES string of the molecule is O=C(CN1C(=O)C(=Cc2cccc(Cl)c2)Oc2ccccc21)NCCCN1CCOCC1. The Kier molecular flexibility index (Phi) is 7.42. The molecule has 168 valence electrons. The maximum atomic E-state index is 13.2. The van der Waals surface area contributed by atoms with Crippen LogP contribution >= 0.6 is 11.6 Å². The minimum Gasteiger partial charge on any atom is -0.449 e. The molecule has 0 aromatic heterocycles. The summed E-state index contributed by atoms with van der Waals surface area (Å²) in [6.07, 6.45) is 2.48. The fourth-order valence-corrected chi connectivity index (χ4v) is 3.92. The van der Waals surface area contributed by atoms with Crippen molar-refractivity contribution in [2.45, 2.75) is 6.42 Å². The van der Waals surface area contributed by atoms with Gasteiger partial charge in [-0.05, 0) is 48.9 Å². The molecule has 1 N–H and O–H groups in total. The Labute approximate surface area is 192 Å². The molecule has 0 radical (unpaired) electrons. The smallest absolute Gasteiger partial charge is 0.294 e. The van der Waals surface area contributed by atoms with Gasteiger partial charge in [0.05, 0.1) is 18.9 Å². The summed E-state index contributed by atoms with van der Waals surface area (Å²) < 4.78 is 11.2. The van der Waals surface area contributed by atoms with Crippen molar-refractivity contribution in [2.24, 2.45) is 0 Å². The molecule has 0 bridgehead atoms. The molecule has 2 aromatic rings. The second kappa shape index (κ2) is 10.6. The molecular formula is C24H26ClN3O4. The number of carbonyl (C=O) groups excluding carboxylic acids is 2. The lowest BCUT2D eigenvalue weighted by atomic mass is 10.1. The monoisotopic (exact) mass is 455 g/mol. The topological polar surface area (TPSA) is 71.1 Å². The van der Waals surface area contributed by atoms with E-state index in [1.807, 2.05) is 18.2 Å². The highest BCUT2D eigenvalue weighted by Gasteiger charge is 2.31. The van der Waals surface area contributed by atoms with Crippen LogP contribution in [0.4, 0.5) is 5.69 Å².